The standard InChI is InChI=1S/C16H22N4O2S/c1-16(21,14-3-2-8-23-14)12-17-9-13-10-18-15(19-11-13)20-4-6-22-7-5-20/h2-3,8,10-11,17,21H,4-7,9,12H2,1H3. The van der Waals surface area contributed by atoms with Gasteiger partial charge in [0.2, 0.25) is 5.95 Å². The van der Waals surface area contributed by atoms with Crippen LogP contribution < -0.4 is 10.2 Å². The number of ether oxygens (including phenoxy) is 1. The molecule has 7 heteroatoms. The topological polar surface area (TPSA) is 70.5 Å². The zero-order valence-electron chi connectivity index (χ0n) is 13.2. The first-order valence-corrected chi connectivity index (χ1v) is 8.64. The summed E-state index contributed by atoms with van der Waals surface area (Å²) >= 11 is 1.56. The minimum absolute atomic E-state index is 0.485. The fourth-order valence-corrected chi connectivity index (χ4v) is 3.28. The van der Waals surface area contributed by atoms with Gasteiger partial charge in [-0.2, -0.15) is 0 Å². The third-order valence-electron chi connectivity index (χ3n) is 3.84. The van der Waals surface area contributed by atoms with Crippen molar-refractivity contribution in [3.63, 3.8) is 0 Å². The summed E-state index contributed by atoms with van der Waals surface area (Å²) in [5, 5.41) is 15.7. The highest BCUT2D eigenvalue weighted by Gasteiger charge is 2.23. The van der Waals surface area contributed by atoms with Gasteiger partial charge in [0.1, 0.15) is 5.60 Å². The first-order chi connectivity index (χ1) is 11.1. The molecule has 0 spiro atoms. The Labute approximate surface area is 140 Å². The second-order valence-corrected chi connectivity index (χ2v) is 6.79. The molecule has 124 valence electrons. The zero-order valence-corrected chi connectivity index (χ0v) is 14.1. The van der Waals surface area contributed by atoms with E-state index < -0.39 is 5.60 Å². The van der Waals surface area contributed by atoms with Crippen molar-refractivity contribution in [3.8, 4) is 0 Å². The molecule has 1 aliphatic heterocycles. The summed E-state index contributed by atoms with van der Waals surface area (Å²) in [7, 11) is 0. The molecule has 3 heterocycles. The van der Waals surface area contributed by atoms with Crippen molar-refractivity contribution in [2.75, 3.05) is 37.7 Å². The molecule has 1 atom stereocenters. The van der Waals surface area contributed by atoms with Crippen molar-refractivity contribution in [1.29, 1.82) is 0 Å². The van der Waals surface area contributed by atoms with E-state index in [2.05, 4.69) is 20.2 Å². The lowest BCUT2D eigenvalue weighted by Crippen LogP contribution is -2.37. The van der Waals surface area contributed by atoms with E-state index in [-0.39, 0.29) is 0 Å². The lowest BCUT2D eigenvalue weighted by atomic mass is 10.1. The van der Waals surface area contributed by atoms with E-state index in [1.807, 2.05) is 36.8 Å². The molecule has 0 saturated carbocycles. The number of aliphatic hydroxyl groups is 1. The molecule has 0 amide bonds. The van der Waals surface area contributed by atoms with Crippen molar-refractivity contribution in [2.24, 2.45) is 0 Å². The Hall–Kier alpha value is -1.54. The van der Waals surface area contributed by atoms with Crippen molar-refractivity contribution < 1.29 is 9.84 Å². The van der Waals surface area contributed by atoms with E-state index in [1.54, 1.807) is 11.3 Å². The number of thiophene rings is 1. The molecule has 1 saturated heterocycles. The number of nitrogens with zero attached hydrogens (tertiary/aromatic N) is 3. The number of hydrogen-bond acceptors (Lipinski definition) is 7. The van der Waals surface area contributed by atoms with Gasteiger partial charge in [-0.25, -0.2) is 9.97 Å². The lowest BCUT2D eigenvalue weighted by molar-refractivity contribution is 0.0604. The number of rotatable bonds is 6. The predicted molar refractivity (Wildman–Crippen MR) is 90.7 cm³/mol. The molecule has 6 nitrogen and oxygen atoms in total. The van der Waals surface area contributed by atoms with Crippen LogP contribution in [0.5, 0.6) is 0 Å². The third kappa shape index (κ3) is 4.26. The monoisotopic (exact) mass is 334 g/mol. The highest BCUT2D eigenvalue weighted by Crippen LogP contribution is 2.24. The molecule has 2 N–H and O–H groups in total. The smallest absolute Gasteiger partial charge is 0.225 e. The summed E-state index contributed by atoms with van der Waals surface area (Å²) in [6, 6.07) is 3.90. The number of hydrogen-bond donors (Lipinski definition) is 2. The Bertz CT molecular complexity index is 595. The molecule has 1 aliphatic rings. The van der Waals surface area contributed by atoms with Gasteiger partial charge in [0.25, 0.3) is 0 Å². The SMILES string of the molecule is CC(O)(CNCc1cnc(N2CCOCC2)nc1)c1cccs1. The van der Waals surface area contributed by atoms with Gasteiger partial charge in [-0.15, -0.1) is 11.3 Å². The molecule has 0 aromatic carbocycles. The van der Waals surface area contributed by atoms with Gasteiger partial charge < -0.3 is 20.1 Å². The van der Waals surface area contributed by atoms with E-state index in [0.29, 0.717) is 13.1 Å². The second kappa shape index (κ2) is 7.35. The fraction of sp³-hybridized carbons (Fsp3) is 0.500. The summed E-state index contributed by atoms with van der Waals surface area (Å²) < 4.78 is 5.33. The average molecular weight is 334 g/mol. The summed E-state index contributed by atoms with van der Waals surface area (Å²) in [4.78, 5) is 11.9. The molecule has 1 fully saturated rings. The Kier molecular flexibility index (Phi) is 5.22. The zero-order chi connectivity index (χ0) is 16.1. The maximum absolute atomic E-state index is 10.5. The molecular formula is C16H22N4O2S. The number of anilines is 1. The van der Waals surface area contributed by atoms with E-state index in [9.17, 15) is 5.11 Å². The van der Waals surface area contributed by atoms with Gasteiger partial charge in [-0.05, 0) is 18.4 Å². The van der Waals surface area contributed by atoms with Crippen LogP contribution in [0, 0.1) is 0 Å². The molecule has 0 aliphatic carbocycles. The van der Waals surface area contributed by atoms with Gasteiger partial charge in [-0.3, -0.25) is 0 Å². The second-order valence-electron chi connectivity index (χ2n) is 5.85. The van der Waals surface area contributed by atoms with Crippen LogP contribution in [0.1, 0.15) is 17.4 Å². The molecule has 3 rings (SSSR count). The highest BCUT2D eigenvalue weighted by atomic mass is 32.1. The van der Waals surface area contributed by atoms with Crippen molar-refractivity contribution >= 4 is 17.3 Å². The summed E-state index contributed by atoms with van der Waals surface area (Å²) in [5.74, 6) is 0.752. The van der Waals surface area contributed by atoms with E-state index in [4.69, 9.17) is 4.74 Å². The van der Waals surface area contributed by atoms with Crippen LogP contribution in [0.4, 0.5) is 5.95 Å². The predicted octanol–water partition coefficient (Wildman–Crippen LogP) is 1.37. The Balaban J connectivity index is 1.50. The van der Waals surface area contributed by atoms with Crippen molar-refractivity contribution in [3.05, 3.63) is 40.3 Å². The maximum Gasteiger partial charge on any atom is 0.225 e. The molecule has 0 bridgehead atoms. The van der Waals surface area contributed by atoms with Crippen LogP contribution in [0.25, 0.3) is 0 Å². The summed E-state index contributed by atoms with van der Waals surface area (Å²) in [5.41, 5.74) is 0.145. The van der Waals surface area contributed by atoms with E-state index in [0.717, 1.165) is 42.7 Å². The number of aromatic nitrogens is 2. The molecule has 23 heavy (non-hydrogen) atoms. The van der Waals surface area contributed by atoms with Crippen LogP contribution in [0.2, 0.25) is 0 Å². The molecule has 2 aromatic heterocycles. The normalized spacial score (nSPS) is 17.9. The Morgan fingerprint density at radius 1 is 1.35 bits per heavy atom. The van der Waals surface area contributed by atoms with Gasteiger partial charge in [-0.1, -0.05) is 6.07 Å². The first-order valence-electron chi connectivity index (χ1n) is 7.76. The van der Waals surface area contributed by atoms with Gasteiger partial charge in [0.05, 0.1) is 13.2 Å². The highest BCUT2D eigenvalue weighted by molar-refractivity contribution is 7.10. The largest absolute Gasteiger partial charge is 0.383 e. The minimum Gasteiger partial charge on any atom is -0.383 e. The minimum atomic E-state index is -0.858. The summed E-state index contributed by atoms with van der Waals surface area (Å²) in [6.45, 7) is 6.06. The van der Waals surface area contributed by atoms with Crippen molar-refractivity contribution in [2.45, 2.75) is 19.1 Å². The molecule has 1 unspecified atom stereocenters. The van der Waals surface area contributed by atoms with Crippen LogP contribution >= 0.6 is 11.3 Å². The first kappa shape index (κ1) is 16.3. The number of nitrogens with one attached hydrogen (secondary N) is 1. The van der Waals surface area contributed by atoms with Gasteiger partial charge >= 0.3 is 0 Å². The maximum atomic E-state index is 10.5. The van der Waals surface area contributed by atoms with Gasteiger partial charge in [0.15, 0.2) is 0 Å². The Morgan fingerprint density at radius 3 is 2.74 bits per heavy atom. The van der Waals surface area contributed by atoms with Crippen LogP contribution in [-0.2, 0) is 16.9 Å². The third-order valence-corrected chi connectivity index (χ3v) is 4.96. The quantitative estimate of drug-likeness (QED) is 0.831. The molecular weight excluding hydrogens is 312 g/mol. The Morgan fingerprint density at radius 2 is 2.09 bits per heavy atom. The van der Waals surface area contributed by atoms with E-state index in [1.165, 1.54) is 0 Å². The molecule has 0 radical (unpaired) electrons. The number of morpholine rings is 1. The van der Waals surface area contributed by atoms with Crippen LogP contribution in [0.3, 0.4) is 0 Å². The van der Waals surface area contributed by atoms with Crippen LogP contribution in [0.15, 0.2) is 29.9 Å². The van der Waals surface area contributed by atoms with E-state index >= 15 is 0 Å². The van der Waals surface area contributed by atoms with Crippen LogP contribution in [-0.4, -0.2) is 47.9 Å². The lowest BCUT2D eigenvalue weighted by Gasteiger charge is -2.26. The fourth-order valence-electron chi connectivity index (χ4n) is 2.49. The average Bonchev–Trinajstić information content (AvgIpc) is 3.12. The van der Waals surface area contributed by atoms with Crippen molar-refractivity contribution in [1.82, 2.24) is 15.3 Å². The molecule has 2 aromatic rings. The summed E-state index contributed by atoms with van der Waals surface area (Å²) in [6.07, 6.45) is 3.68. The van der Waals surface area contributed by atoms with Gasteiger partial charge in [0, 0.05) is 49.0 Å².